The van der Waals surface area contributed by atoms with Crippen molar-refractivity contribution in [3.63, 3.8) is 0 Å². The van der Waals surface area contributed by atoms with Crippen LogP contribution in [-0.4, -0.2) is 37.5 Å². The fraction of sp³-hybridized carbons (Fsp3) is 0.304. The van der Waals surface area contributed by atoms with E-state index in [2.05, 4.69) is 43.5 Å². The van der Waals surface area contributed by atoms with Gasteiger partial charge in [-0.3, -0.25) is 4.68 Å². The van der Waals surface area contributed by atoms with E-state index in [1.165, 1.54) is 11.8 Å². The number of nitrogens with one attached hydrogen (secondary N) is 1. The third kappa shape index (κ3) is 4.48. The first-order valence-electron chi connectivity index (χ1n) is 10.6. The molecule has 1 aliphatic heterocycles. The van der Waals surface area contributed by atoms with Gasteiger partial charge < -0.3 is 5.32 Å². The van der Waals surface area contributed by atoms with Gasteiger partial charge in [0, 0.05) is 34.6 Å². The van der Waals surface area contributed by atoms with Crippen LogP contribution in [0.25, 0.3) is 16.6 Å². The summed E-state index contributed by atoms with van der Waals surface area (Å²) in [5, 5.41) is 22.8. The molecule has 0 aromatic carbocycles. The van der Waals surface area contributed by atoms with Crippen LogP contribution in [0.1, 0.15) is 38.3 Å². The van der Waals surface area contributed by atoms with Crippen LogP contribution in [0.4, 0.5) is 0 Å². The fourth-order valence-electron chi connectivity index (χ4n) is 3.68. The summed E-state index contributed by atoms with van der Waals surface area (Å²) < 4.78 is 3.86. The SMILES string of the molecule is CC.N#Cc1cnn2cc(-c3cnn(C4CCNCC4)c3)cc(Sc3ccccn3)c12. The lowest BCUT2D eigenvalue weighted by Gasteiger charge is -2.22. The van der Waals surface area contributed by atoms with E-state index in [4.69, 9.17) is 0 Å². The van der Waals surface area contributed by atoms with E-state index in [1.54, 1.807) is 16.9 Å². The highest BCUT2D eigenvalue weighted by atomic mass is 32.2. The molecule has 0 saturated carbocycles. The first-order valence-corrected chi connectivity index (χ1v) is 11.4. The van der Waals surface area contributed by atoms with Crippen molar-refractivity contribution in [3.05, 3.63) is 60.8 Å². The Morgan fingerprint density at radius 1 is 1.10 bits per heavy atom. The van der Waals surface area contributed by atoms with E-state index in [0.717, 1.165) is 52.5 Å². The summed E-state index contributed by atoms with van der Waals surface area (Å²) in [7, 11) is 0. The molecule has 0 unspecified atom stereocenters. The molecule has 1 aliphatic rings. The predicted molar refractivity (Wildman–Crippen MR) is 122 cm³/mol. The molecule has 4 aromatic rings. The Labute approximate surface area is 186 Å². The first-order chi connectivity index (χ1) is 15.3. The lowest BCUT2D eigenvalue weighted by atomic mass is 10.1. The molecule has 0 spiro atoms. The maximum absolute atomic E-state index is 9.50. The smallest absolute Gasteiger partial charge is 0.103 e. The molecule has 1 fully saturated rings. The summed E-state index contributed by atoms with van der Waals surface area (Å²) in [4.78, 5) is 5.37. The topological polar surface area (TPSA) is 83.8 Å². The second-order valence-corrected chi connectivity index (χ2v) is 8.08. The van der Waals surface area contributed by atoms with Crippen LogP contribution in [0.3, 0.4) is 0 Å². The molecule has 4 aromatic heterocycles. The Kier molecular flexibility index (Phi) is 6.65. The molecule has 0 amide bonds. The van der Waals surface area contributed by atoms with E-state index < -0.39 is 0 Å². The Morgan fingerprint density at radius 2 is 1.94 bits per heavy atom. The summed E-state index contributed by atoms with van der Waals surface area (Å²) in [6.45, 7) is 6.06. The van der Waals surface area contributed by atoms with Crippen molar-refractivity contribution in [1.82, 2.24) is 29.7 Å². The first kappa shape index (κ1) is 21.1. The fourth-order valence-corrected chi connectivity index (χ4v) is 4.65. The van der Waals surface area contributed by atoms with Gasteiger partial charge in [-0.1, -0.05) is 31.7 Å². The van der Waals surface area contributed by atoms with Gasteiger partial charge in [0.1, 0.15) is 11.1 Å². The van der Waals surface area contributed by atoms with Gasteiger partial charge in [0.05, 0.1) is 29.5 Å². The van der Waals surface area contributed by atoms with Crippen LogP contribution in [0.5, 0.6) is 0 Å². The minimum Gasteiger partial charge on any atom is -0.317 e. The van der Waals surface area contributed by atoms with Gasteiger partial charge in [-0.2, -0.15) is 15.5 Å². The Hall–Kier alpha value is -3.15. The van der Waals surface area contributed by atoms with Crippen LogP contribution in [0.2, 0.25) is 0 Å². The van der Waals surface area contributed by atoms with Crippen LogP contribution in [0.15, 0.2) is 65.2 Å². The van der Waals surface area contributed by atoms with Crippen molar-refractivity contribution in [2.24, 2.45) is 0 Å². The monoisotopic (exact) mass is 431 g/mol. The number of pyridine rings is 2. The molecule has 31 heavy (non-hydrogen) atoms. The Bertz CT molecular complexity index is 1180. The quantitative estimate of drug-likeness (QED) is 0.510. The summed E-state index contributed by atoms with van der Waals surface area (Å²) in [6.07, 6.45) is 11.5. The average Bonchev–Trinajstić information content (AvgIpc) is 3.49. The molecule has 158 valence electrons. The van der Waals surface area contributed by atoms with Gasteiger partial charge in [0.15, 0.2) is 0 Å². The number of rotatable bonds is 4. The summed E-state index contributed by atoms with van der Waals surface area (Å²) in [6, 6.07) is 10.6. The van der Waals surface area contributed by atoms with E-state index in [1.807, 2.05) is 44.4 Å². The Balaban J connectivity index is 0.00000112. The minimum absolute atomic E-state index is 0.436. The normalized spacial score (nSPS) is 14.1. The molecule has 5 heterocycles. The zero-order valence-electron chi connectivity index (χ0n) is 17.7. The third-order valence-electron chi connectivity index (χ3n) is 5.17. The van der Waals surface area contributed by atoms with Crippen molar-refractivity contribution in [1.29, 1.82) is 5.26 Å². The highest BCUT2D eigenvalue weighted by Gasteiger charge is 2.18. The molecule has 0 radical (unpaired) electrons. The van der Waals surface area contributed by atoms with E-state index >= 15 is 0 Å². The average molecular weight is 432 g/mol. The molecule has 0 atom stereocenters. The molecule has 1 saturated heterocycles. The van der Waals surface area contributed by atoms with Gasteiger partial charge in [0.25, 0.3) is 0 Å². The minimum atomic E-state index is 0.436. The molecule has 5 rings (SSSR count). The predicted octanol–water partition coefficient (Wildman–Crippen LogP) is 4.57. The maximum atomic E-state index is 9.50. The van der Waals surface area contributed by atoms with Crippen LogP contribution in [0, 0.1) is 11.3 Å². The zero-order chi connectivity index (χ0) is 21.6. The van der Waals surface area contributed by atoms with Gasteiger partial charge in [-0.05, 0) is 44.1 Å². The molecule has 0 bridgehead atoms. The lowest BCUT2D eigenvalue weighted by Crippen LogP contribution is -2.29. The van der Waals surface area contributed by atoms with E-state index in [-0.39, 0.29) is 0 Å². The van der Waals surface area contributed by atoms with Gasteiger partial charge >= 0.3 is 0 Å². The third-order valence-corrected chi connectivity index (χ3v) is 6.15. The maximum Gasteiger partial charge on any atom is 0.103 e. The molecule has 7 nitrogen and oxygen atoms in total. The number of hydrogen-bond donors (Lipinski definition) is 1. The van der Waals surface area contributed by atoms with Crippen LogP contribution in [-0.2, 0) is 0 Å². The second kappa shape index (κ2) is 9.77. The molecular weight excluding hydrogens is 406 g/mol. The zero-order valence-corrected chi connectivity index (χ0v) is 18.5. The highest BCUT2D eigenvalue weighted by molar-refractivity contribution is 7.99. The number of nitrogens with zero attached hydrogens (tertiary/aromatic N) is 6. The number of fused-ring (bicyclic) bond motifs is 1. The highest BCUT2D eigenvalue weighted by Crippen LogP contribution is 2.35. The van der Waals surface area contributed by atoms with Gasteiger partial charge in [-0.25, -0.2) is 9.50 Å². The largest absolute Gasteiger partial charge is 0.317 e. The molecule has 0 aliphatic carbocycles. The van der Waals surface area contributed by atoms with Gasteiger partial charge in [-0.15, -0.1) is 0 Å². The van der Waals surface area contributed by atoms with Crippen molar-refractivity contribution in [2.45, 2.75) is 42.7 Å². The van der Waals surface area contributed by atoms with Crippen molar-refractivity contribution in [2.75, 3.05) is 13.1 Å². The number of aromatic nitrogens is 5. The lowest BCUT2D eigenvalue weighted by molar-refractivity contribution is 0.343. The molecule has 8 heteroatoms. The summed E-state index contributed by atoms with van der Waals surface area (Å²) in [5.41, 5.74) is 3.42. The summed E-state index contributed by atoms with van der Waals surface area (Å²) in [5.74, 6) is 0. The van der Waals surface area contributed by atoms with Gasteiger partial charge in [0.2, 0.25) is 0 Å². The van der Waals surface area contributed by atoms with Crippen molar-refractivity contribution in [3.8, 4) is 17.2 Å². The summed E-state index contributed by atoms with van der Waals surface area (Å²) >= 11 is 1.54. The van der Waals surface area contributed by atoms with Crippen LogP contribution < -0.4 is 5.32 Å². The van der Waals surface area contributed by atoms with Crippen molar-refractivity contribution >= 4 is 17.3 Å². The van der Waals surface area contributed by atoms with E-state index in [0.29, 0.717) is 11.6 Å². The molecule has 1 N–H and O–H groups in total. The standard InChI is InChI=1S/C21H19N7S.C2H6/c22-10-16-11-26-28-13-15(9-19(21(16)28)29-20-3-1-2-6-24-20)17-12-25-27(14-17)18-4-7-23-8-5-18;1-2/h1-3,6,9,11-14,18,23H,4-5,7-8H2;1-2H3. The number of hydrogen-bond acceptors (Lipinski definition) is 6. The number of piperidine rings is 1. The van der Waals surface area contributed by atoms with E-state index in [9.17, 15) is 5.26 Å². The molecular formula is C23H25N7S. The van der Waals surface area contributed by atoms with Crippen molar-refractivity contribution < 1.29 is 0 Å². The van der Waals surface area contributed by atoms with Crippen LogP contribution >= 0.6 is 11.8 Å². The number of nitriles is 1. The second-order valence-electron chi connectivity index (χ2n) is 7.02. The Morgan fingerprint density at radius 3 is 2.68 bits per heavy atom.